The van der Waals surface area contributed by atoms with E-state index in [0.29, 0.717) is 28.0 Å². The van der Waals surface area contributed by atoms with E-state index in [-0.39, 0.29) is 5.75 Å². The smallest absolute Gasteiger partial charge is 0.456 e. The minimum Gasteiger partial charge on any atom is -0.456 e. The summed E-state index contributed by atoms with van der Waals surface area (Å²) >= 11 is 0. The number of aromatic nitrogens is 1. The average Bonchev–Trinajstić information content (AvgIpc) is 3.24. The highest BCUT2D eigenvalue weighted by atomic mass is 19.4. The first-order valence-corrected chi connectivity index (χ1v) is 7.83. The molecule has 1 N–H and O–H groups in total. The van der Waals surface area contributed by atoms with Gasteiger partial charge in [-0.05, 0) is 54.1 Å². The number of pyridine rings is 1. The van der Waals surface area contributed by atoms with Crippen molar-refractivity contribution in [1.82, 2.24) is 4.98 Å². The molecule has 136 valence electrons. The summed E-state index contributed by atoms with van der Waals surface area (Å²) < 4.78 is 46.1. The van der Waals surface area contributed by atoms with Crippen LogP contribution in [0.2, 0.25) is 0 Å². The Morgan fingerprint density at radius 1 is 0.963 bits per heavy atom. The maximum Gasteiger partial charge on any atom is 0.573 e. The van der Waals surface area contributed by atoms with E-state index in [1.54, 1.807) is 36.7 Å². The molecule has 1 aromatic carbocycles. The van der Waals surface area contributed by atoms with Crippen LogP contribution < -0.4 is 10.1 Å². The van der Waals surface area contributed by atoms with Crippen LogP contribution in [0.4, 0.5) is 18.9 Å². The number of carbonyl (C=O) groups is 1. The third-order valence-corrected chi connectivity index (χ3v) is 3.89. The highest BCUT2D eigenvalue weighted by molar-refractivity contribution is 6.16. The Morgan fingerprint density at radius 2 is 1.63 bits per heavy atom. The molecule has 8 heteroatoms. The largest absolute Gasteiger partial charge is 0.573 e. The quantitative estimate of drug-likeness (QED) is 0.542. The number of fused-ring (bicyclic) bond motifs is 2. The topological polar surface area (TPSA) is 64.4 Å². The number of alkyl halides is 3. The molecule has 0 spiro atoms. The van der Waals surface area contributed by atoms with Gasteiger partial charge in [0.2, 0.25) is 0 Å². The zero-order valence-corrected chi connectivity index (χ0v) is 13.6. The molecule has 27 heavy (non-hydrogen) atoms. The molecule has 3 aromatic heterocycles. The first-order valence-electron chi connectivity index (χ1n) is 7.83. The maximum absolute atomic E-state index is 12.8. The van der Waals surface area contributed by atoms with Crippen molar-refractivity contribution in [2.75, 3.05) is 5.32 Å². The fraction of sp³-hybridized carbons (Fsp3) is 0.0526. The molecular formula is C19H11F3N2O3. The third-order valence-electron chi connectivity index (χ3n) is 3.89. The van der Waals surface area contributed by atoms with Crippen molar-refractivity contribution in [2.45, 2.75) is 6.36 Å². The van der Waals surface area contributed by atoms with Crippen molar-refractivity contribution < 1.29 is 27.1 Å². The first kappa shape index (κ1) is 16.9. The second kappa shape index (κ2) is 6.31. The normalized spacial score (nSPS) is 11.7. The van der Waals surface area contributed by atoms with E-state index >= 15 is 0 Å². The van der Waals surface area contributed by atoms with Crippen LogP contribution >= 0.6 is 0 Å². The fourth-order valence-electron chi connectivity index (χ4n) is 2.82. The van der Waals surface area contributed by atoms with Gasteiger partial charge in [-0.25, -0.2) is 0 Å². The van der Waals surface area contributed by atoms with E-state index in [2.05, 4.69) is 15.0 Å². The summed E-state index contributed by atoms with van der Waals surface area (Å²) in [5.74, 6) is -0.797. The molecule has 0 saturated heterocycles. The monoisotopic (exact) mass is 372 g/mol. The van der Waals surface area contributed by atoms with Gasteiger partial charge in [0, 0.05) is 23.6 Å². The zero-order chi connectivity index (χ0) is 19.0. The van der Waals surface area contributed by atoms with Gasteiger partial charge in [-0.3, -0.25) is 9.78 Å². The van der Waals surface area contributed by atoms with Gasteiger partial charge in [-0.1, -0.05) is 0 Å². The molecule has 0 radical (unpaired) electrons. The molecule has 4 rings (SSSR count). The Kier molecular flexibility index (Phi) is 3.95. The minimum absolute atomic E-state index is 0.327. The van der Waals surface area contributed by atoms with Crippen molar-refractivity contribution in [2.24, 2.45) is 0 Å². The van der Waals surface area contributed by atoms with Gasteiger partial charge in [0.05, 0.1) is 5.56 Å². The summed E-state index contributed by atoms with van der Waals surface area (Å²) in [5, 5.41) is 2.66. The van der Waals surface area contributed by atoms with E-state index in [0.717, 1.165) is 17.7 Å². The Morgan fingerprint density at radius 3 is 2.30 bits per heavy atom. The Balaban J connectivity index is 1.60. The maximum atomic E-state index is 12.8. The summed E-state index contributed by atoms with van der Waals surface area (Å²) in [4.78, 5) is 16.7. The molecule has 2 bridgehead atoms. The Labute approximate surface area is 150 Å². The van der Waals surface area contributed by atoms with E-state index in [4.69, 9.17) is 4.42 Å². The summed E-state index contributed by atoms with van der Waals surface area (Å²) in [5.41, 5.74) is 3.09. The van der Waals surface area contributed by atoms with Crippen LogP contribution in [0, 0.1) is 0 Å². The average molecular weight is 372 g/mol. The lowest BCUT2D eigenvalue weighted by atomic mass is 10.00. The van der Waals surface area contributed by atoms with Crippen molar-refractivity contribution >= 4 is 22.8 Å². The SMILES string of the molecule is O=C(Nc1ccc(OC(F)(F)F)cc1)c1c(-c2ccncc2)c2ccc1o2. The molecule has 0 saturated carbocycles. The van der Waals surface area contributed by atoms with Gasteiger partial charge in [0.15, 0.2) is 0 Å². The second-order valence-corrected chi connectivity index (χ2v) is 5.68. The fourth-order valence-corrected chi connectivity index (χ4v) is 2.82. The molecule has 0 unspecified atom stereocenters. The number of rotatable bonds is 4. The minimum atomic E-state index is -4.77. The number of furan rings is 2. The van der Waals surface area contributed by atoms with Crippen LogP contribution in [-0.4, -0.2) is 17.3 Å². The van der Waals surface area contributed by atoms with Crippen LogP contribution in [0.15, 0.2) is 65.3 Å². The Hall–Kier alpha value is -3.55. The molecule has 1 amide bonds. The van der Waals surface area contributed by atoms with E-state index < -0.39 is 12.3 Å². The molecule has 5 nitrogen and oxygen atoms in total. The number of benzene rings is 2. The van der Waals surface area contributed by atoms with Crippen molar-refractivity contribution in [1.29, 1.82) is 0 Å². The van der Waals surface area contributed by atoms with Crippen LogP contribution in [0.5, 0.6) is 5.75 Å². The summed E-state index contributed by atoms with van der Waals surface area (Å²) in [6.45, 7) is 0. The molecule has 3 heterocycles. The van der Waals surface area contributed by atoms with Crippen molar-refractivity contribution in [3.8, 4) is 16.9 Å². The first-order chi connectivity index (χ1) is 12.9. The summed E-state index contributed by atoms with van der Waals surface area (Å²) in [7, 11) is 0. The number of carbonyl (C=O) groups excluding carboxylic acids is 1. The van der Waals surface area contributed by atoms with Crippen molar-refractivity contribution in [3.63, 3.8) is 0 Å². The van der Waals surface area contributed by atoms with Gasteiger partial charge in [-0.2, -0.15) is 0 Å². The molecule has 0 aliphatic rings. The number of hydrogen-bond donors (Lipinski definition) is 1. The predicted octanol–water partition coefficient (Wildman–Crippen LogP) is 5.08. The predicted molar refractivity (Wildman–Crippen MR) is 91.7 cm³/mol. The molecule has 4 aromatic rings. The highest BCUT2D eigenvalue weighted by Gasteiger charge is 2.31. The standard InChI is InChI=1S/C19H11F3N2O3/c20-19(21,22)27-13-3-1-12(2-4-13)24-18(25)17-15-6-5-14(26-15)16(17)11-7-9-23-10-8-11/h1-10H,(H,24,25). The van der Waals surface area contributed by atoms with Gasteiger partial charge >= 0.3 is 6.36 Å². The summed E-state index contributed by atoms with van der Waals surface area (Å²) in [6, 6.07) is 11.9. The zero-order valence-electron chi connectivity index (χ0n) is 13.6. The van der Waals surface area contributed by atoms with Crippen LogP contribution in [0.25, 0.3) is 22.3 Å². The lowest BCUT2D eigenvalue weighted by Crippen LogP contribution is -2.17. The number of anilines is 1. The van der Waals surface area contributed by atoms with Crippen molar-refractivity contribution in [3.05, 3.63) is 66.5 Å². The van der Waals surface area contributed by atoms with Gasteiger partial charge in [0.1, 0.15) is 16.9 Å². The lowest BCUT2D eigenvalue weighted by molar-refractivity contribution is -0.274. The number of hydrogen-bond acceptors (Lipinski definition) is 4. The van der Waals surface area contributed by atoms with Gasteiger partial charge < -0.3 is 14.5 Å². The number of ether oxygens (including phenoxy) is 1. The number of amides is 1. The second-order valence-electron chi connectivity index (χ2n) is 5.68. The summed E-state index contributed by atoms with van der Waals surface area (Å²) in [6.07, 6.45) is -1.55. The molecule has 0 atom stereocenters. The lowest BCUT2D eigenvalue weighted by Gasteiger charge is -2.10. The van der Waals surface area contributed by atoms with E-state index in [1.165, 1.54) is 12.1 Å². The third kappa shape index (κ3) is 3.41. The number of nitrogens with zero attached hydrogens (tertiary/aromatic N) is 1. The molecular weight excluding hydrogens is 361 g/mol. The number of nitrogens with one attached hydrogen (secondary N) is 1. The van der Waals surface area contributed by atoms with Gasteiger partial charge in [-0.15, -0.1) is 13.2 Å². The van der Waals surface area contributed by atoms with E-state index in [9.17, 15) is 18.0 Å². The number of halogens is 3. The molecule has 0 fully saturated rings. The highest BCUT2D eigenvalue weighted by Crippen LogP contribution is 2.37. The molecule has 0 aliphatic carbocycles. The van der Waals surface area contributed by atoms with Crippen LogP contribution in [-0.2, 0) is 0 Å². The van der Waals surface area contributed by atoms with Crippen LogP contribution in [0.3, 0.4) is 0 Å². The van der Waals surface area contributed by atoms with E-state index in [1.807, 2.05) is 0 Å². The molecule has 0 aliphatic heterocycles. The van der Waals surface area contributed by atoms with Crippen LogP contribution in [0.1, 0.15) is 10.4 Å². The Bertz CT molecular complexity index is 1070. The van der Waals surface area contributed by atoms with Gasteiger partial charge in [0.25, 0.3) is 5.91 Å².